The third-order valence-electron chi connectivity index (χ3n) is 2.35. The second kappa shape index (κ2) is 4.28. The molecule has 0 aliphatic rings. The quantitative estimate of drug-likeness (QED) is 0.827. The van der Waals surface area contributed by atoms with Gasteiger partial charge >= 0.3 is 6.03 Å². The van der Waals surface area contributed by atoms with Gasteiger partial charge in [0.15, 0.2) is 11.3 Å². The van der Waals surface area contributed by atoms with Crippen molar-refractivity contribution in [2.45, 2.75) is 0 Å². The van der Waals surface area contributed by atoms with Gasteiger partial charge in [0, 0.05) is 19.2 Å². The van der Waals surface area contributed by atoms with Crippen LogP contribution in [0.25, 0.3) is 11.0 Å². The average Bonchev–Trinajstić information content (AvgIpc) is 2.80. The van der Waals surface area contributed by atoms with Crippen LogP contribution in [0.5, 0.6) is 11.5 Å². The van der Waals surface area contributed by atoms with E-state index >= 15 is 0 Å². The molecule has 1 amide bonds. The monoisotopic (exact) mass is 236 g/mol. The van der Waals surface area contributed by atoms with Gasteiger partial charge < -0.3 is 14.8 Å². The number of aromatic nitrogens is 3. The van der Waals surface area contributed by atoms with E-state index in [4.69, 9.17) is 9.47 Å². The van der Waals surface area contributed by atoms with Crippen molar-refractivity contribution in [1.29, 1.82) is 0 Å². The zero-order chi connectivity index (χ0) is 12.4. The predicted molar refractivity (Wildman–Crippen MR) is 60.5 cm³/mol. The molecule has 1 aromatic carbocycles. The number of carbonyl (C=O) groups excluding carboxylic acids is 1. The van der Waals surface area contributed by atoms with Crippen LogP contribution in [0, 0.1) is 0 Å². The van der Waals surface area contributed by atoms with E-state index in [1.807, 2.05) is 0 Å². The molecule has 0 aliphatic heterocycles. The molecule has 2 aromatic rings. The molecule has 0 bridgehead atoms. The van der Waals surface area contributed by atoms with Gasteiger partial charge in [0.2, 0.25) is 0 Å². The number of hydrogen-bond acceptors (Lipinski definition) is 5. The molecular formula is C10H12N4O3. The number of amides is 1. The van der Waals surface area contributed by atoms with Gasteiger partial charge in [0.25, 0.3) is 0 Å². The lowest BCUT2D eigenvalue weighted by molar-refractivity contribution is 0.242. The topological polar surface area (TPSA) is 78.3 Å². The molecule has 0 spiro atoms. The molecule has 17 heavy (non-hydrogen) atoms. The zero-order valence-corrected chi connectivity index (χ0v) is 9.72. The summed E-state index contributed by atoms with van der Waals surface area (Å²) in [4.78, 5) is 11.6. The highest BCUT2D eigenvalue weighted by molar-refractivity contribution is 5.91. The standard InChI is InChI=1S/C10H12N4O3/c1-11-10(15)14-7-4-6(16-2)5-8(17-3)9(7)12-13-14/h4-5H,1-3H3,(H,11,15). The van der Waals surface area contributed by atoms with E-state index in [-0.39, 0.29) is 6.03 Å². The van der Waals surface area contributed by atoms with E-state index in [0.29, 0.717) is 22.5 Å². The lowest BCUT2D eigenvalue weighted by Gasteiger charge is -2.05. The van der Waals surface area contributed by atoms with Crippen LogP contribution < -0.4 is 14.8 Å². The summed E-state index contributed by atoms with van der Waals surface area (Å²) in [7, 11) is 4.58. The summed E-state index contributed by atoms with van der Waals surface area (Å²) in [5, 5.41) is 10.1. The van der Waals surface area contributed by atoms with Crippen molar-refractivity contribution < 1.29 is 14.3 Å². The number of fused-ring (bicyclic) bond motifs is 1. The maximum absolute atomic E-state index is 11.6. The lowest BCUT2D eigenvalue weighted by Crippen LogP contribution is -2.25. The van der Waals surface area contributed by atoms with E-state index in [9.17, 15) is 4.79 Å². The number of ether oxygens (including phenoxy) is 2. The third kappa shape index (κ3) is 1.75. The van der Waals surface area contributed by atoms with Gasteiger partial charge in [-0.25, -0.2) is 4.79 Å². The van der Waals surface area contributed by atoms with Crippen LogP contribution in [0.2, 0.25) is 0 Å². The highest BCUT2D eigenvalue weighted by Crippen LogP contribution is 2.29. The Bertz CT molecular complexity index is 564. The normalized spacial score (nSPS) is 10.3. The maximum Gasteiger partial charge on any atom is 0.343 e. The second-order valence-electron chi connectivity index (χ2n) is 3.25. The Morgan fingerprint density at radius 2 is 2.12 bits per heavy atom. The Hall–Kier alpha value is -2.31. The van der Waals surface area contributed by atoms with E-state index in [1.54, 1.807) is 12.1 Å². The van der Waals surface area contributed by atoms with Gasteiger partial charge in [-0.2, -0.15) is 4.68 Å². The number of rotatable bonds is 2. The Balaban J connectivity index is 2.70. The minimum atomic E-state index is -0.372. The smallest absolute Gasteiger partial charge is 0.343 e. The van der Waals surface area contributed by atoms with Crippen molar-refractivity contribution in [3.05, 3.63) is 12.1 Å². The largest absolute Gasteiger partial charge is 0.497 e. The molecule has 0 aliphatic carbocycles. The Morgan fingerprint density at radius 1 is 1.35 bits per heavy atom. The molecular weight excluding hydrogens is 224 g/mol. The highest BCUT2D eigenvalue weighted by Gasteiger charge is 2.15. The van der Waals surface area contributed by atoms with E-state index in [1.165, 1.54) is 21.3 Å². The van der Waals surface area contributed by atoms with Crippen molar-refractivity contribution in [3.63, 3.8) is 0 Å². The third-order valence-corrected chi connectivity index (χ3v) is 2.35. The molecule has 1 aromatic heterocycles. The summed E-state index contributed by atoms with van der Waals surface area (Å²) in [6.45, 7) is 0. The molecule has 0 fully saturated rings. The van der Waals surface area contributed by atoms with E-state index in [2.05, 4.69) is 15.6 Å². The molecule has 0 unspecified atom stereocenters. The van der Waals surface area contributed by atoms with E-state index in [0.717, 1.165) is 4.68 Å². The van der Waals surface area contributed by atoms with Gasteiger partial charge in [0.05, 0.1) is 14.2 Å². The first kappa shape index (κ1) is 11.2. The first-order valence-corrected chi connectivity index (χ1v) is 4.90. The molecule has 7 nitrogen and oxygen atoms in total. The van der Waals surface area contributed by atoms with Crippen molar-refractivity contribution in [1.82, 2.24) is 20.3 Å². The molecule has 0 saturated carbocycles. The fourth-order valence-corrected chi connectivity index (χ4v) is 1.50. The Labute approximate surface area is 97.3 Å². The molecule has 0 atom stereocenters. The summed E-state index contributed by atoms with van der Waals surface area (Å²) in [6.07, 6.45) is 0. The van der Waals surface area contributed by atoms with Gasteiger partial charge in [-0.3, -0.25) is 0 Å². The molecule has 2 rings (SSSR count). The molecule has 90 valence electrons. The number of benzene rings is 1. The van der Waals surface area contributed by atoms with Crippen molar-refractivity contribution in [2.75, 3.05) is 21.3 Å². The summed E-state index contributed by atoms with van der Waals surface area (Å²) < 4.78 is 11.4. The highest BCUT2D eigenvalue weighted by atomic mass is 16.5. The SMILES string of the molecule is CNC(=O)n1nnc2c(OC)cc(OC)cc21. The Kier molecular flexibility index (Phi) is 2.82. The summed E-state index contributed by atoms with van der Waals surface area (Å²) in [6, 6.07) is 2.99. The number of nitrogens with zero attached hydrogens (tertiary/aromatic N) is 3. The minimum Gasteiger partial charge on any atom is -0.497 e. The summed E-state index contributed by atoms with van der Waals surface area (Å²) in [5.41, 5.74) is 1.04. The predicted octanol–water partition coefficient (Wildman–Crippen LogP) is 0.636. The molecule has 1 N–H and O–H groups in total. The van der Waals surface area contributed by atoms with Gasteiger partial charge in [0.1, 0.15) is 11.3 Å². The second-order valence-corrected chi connectivity index (χ2v) is 3.25. The van der Waals surface area contributed by atoms with Crippen LogP contribution in [0.4, 0.5) is 4.79 Å². The van der Waals surface area contributed by atoms with E-state index < -0.39 is 0 Å². The molecule has 0 saturated heterocycles. The number of methoxy groups -OCH3 is 2. The number of nitrogens with one attached hydrogen (secondary N) is 1. The number of hydrogen-bond donors (Lipinski definition) is 1. The molecule has 7 heteroatoms. The van der Waals surface area contributed by atoms with Crippen LogP contribution >= 0.6 is 0 Å². The van der Waals surface area contributed by atoms with Crippen molar-refractivity contribution in [3.8, 4) is 11.5 Å². The van der Waals surface area contributed by atoms with Gasteiger partial charge in [-0.05, 0) is 0 Å². The minimum absolute atomic E-state index is 0.372. The first-order chi connectivity index (χ1) is 8.21. The fourth-order valence-electron chi connectivity index (χ4n) is 1.50. The van der Waals surface area contributed by atoms with Crippen LogP contribution in [0.1, 0.15) is 0 Å². The average molecular weight is 236 g/mol. The lowest BCUT2D eigenvalue weighted by atomic mass is 10.2. The van der Waals surface area contributed by atoms with Crippen molar-refractivity contribution >= 4 is 17.1 Å². The summed E-state index contributed by atoms with van der Waals surface area (Å²) in [5.74, 6) is 1.08. The van der Waals surface area contributed by atoms with Crippen LogP contribution in [-0.4, -0.2) is 42.3 Å². The van der Waals surface area contributed by atoms with Crippen molar-refractivity contribution in [2.24, 2.45) is 0 Å². The molecule has 0 radical (unpaired) electrons. The fraction of sp³-hybridized carbons (Fsp3) is 0.300. The Morgan fingerprint density at radius 3 is 2.71 bits per heavy atom. The number of carbonyl (C=O) groups is 1. The maximum atomic E-state index is 11.6. The van der Waals surface area contributed by atoms with Crippen LogP contribution in [0.3, 0.4) is 0 Å². The van der Waals surface area contributed by atoms with Crippen LogP contribution in [0.15, 0.2) is 12.1 Å². The first-order valence-electron chi connectivity index (χ1n) is 4.90. The zero-order valence-electron chi connectivity index (χ0n) is 9.72. The summed E-state index contributed by atoms with van der Waals surface area (Å²) >= 11 is 0. The van der Waals surface area contributed by atoms with Crippen LogP contribution in [-0.2, 0) is 0 Å². The molecule has 1 heterocycles. The van der Waals surface area contributed by atoms with Gasteiger partial charge in [-0.15, -0.1) is 5.10 Å². The van der Waals surface area contributed by atoms with Gasteiger partial charge in [-0.1, -0.05) is 5.21 Å².